The first kappa shape index (κ1) is 11.2. The van der Waals surface area contributed by atoms with Crippen LogP contribution < -0.4 is 10.6 Å². The van der Waals surface area contributed by atoms with Crippen LogP contribution in [0.3, 0.4) is 0 Å². The number of aromatic nitrogens is 2. The van der Waals surface area contributed by atoms with Crippen LogP contribution in [-0.2, 0) is 0 Å². The molecule has 1 saturated carbocycles. The molecule has 2 rings (SSSR count). The SMILES string of the molecule is CN(c1ncc(N)cn1)C1CCCCCC1. The summed E-state index contributed by atoms with van der Waals surface area (Å²) in [5.74, 6) is 0.793. The van der Waals surface area contributed by atoms with E-state index in [1.54, 1.807) is 12.4 Å². The van der Waals surface area contributed by atoms with Crippen LogP contribution >= 0.6 is 0 Å². The number of anilines is 2. The zero-order chi connectivity index (χ0) is 11.4. The minimum atomic E-state index is 0.589. The van der Waals surface area contributed by atoms with Crippen molar-refractivity contribution in [2.45, 2.75) is 44.6 Å². The summed E-state index contributed by atoms with van der Waals surface area (Å²) < 4.78 is 0. The van der Waals surface area contributed by atoms with Gasteiger partial charge in [-0.2, -0.15) is 0 Å². The molecule has 1 aliphatic carbocycles. The Morgan fingerprint density at radius 2 is 1.69 bits per heavy atom. The van der Waals surface area contributed by atoms with Crippen molar-refractivity contribution in [3.63, 3.8) is 0 Å². The Balaban J connectivity index is 2.04. The lowest BCUT2D eigenvalue weighted by atomic mass is 10.1. The highest BCUT2D eigenvalue weighted by Gasteiger charge is 2.18. The van der Waals surface area contributed by atoms with E-state index in [0.717, 1.165) is 5.95 Å². The van der Waals surface area contributed by atoms with E-state index in [9.17, 15) is 0 Å². The van der Waals surface area contributed by atoms with Crippen molar-refractivity contribution in [3.8, 4) is 0 Å². The summed E-state index contributed by atoms with van der Waals surface area (Å²) in [6.45, 7) is 0. The molecule has 0 bridgehead atoms. The van der Waals surface area contributed by atoms with Gasteiger partial charge in [0.1, 0.15) is 0 Å². The number of nitrogen functional groups attached to an aromatic ring is 1. The maximum atomic E-state index is 5.59. The number of rotatable bonds is 2. The van der Waals surface area contributed by atoms with E-state index in [2.05, 4.69) is 21.9 Å². The van der Waals surface area contributed by atoms with Crippen molar-refractivity contribution >= 4 is 11.6 Å². The number of hydrogen-bond donors (Lipinski definition) is 1. The summed E-state index contributed by atoms with van der Waals surface area (Å²) in [6.07, 6.45) is 11.2. The van der Waals surface area contributed by atoms with Gasteiger partial charge in [0.15, 0.2) is 0 Å². The van der Waals surface area contributed by atoms with E-state index < -0.39 is 0 Å². The molecular formula is C12H20N4. The molecule has 0 unspecified atom stereocenters. The van der Waals surface area contributed by atoms with Gasteiger partial charge < -0.3 is 10.6 Å². The van der Waals surface area contributed by atoms with Crippen molar-refractivity contribution < 1.29 is 0 Å². The zero-order valence-electron chi connectivity index (χ0n) is 9.89. The molecule has 0 aromatic carbocycles. The third kappa shape index (κ3) is 2.62. The fraction of sp³-hybridized carbons (Fsp3) is 0.667. The molecule has 1 aromatic rings. The summed E-state index contributed by atoms with van der Waals surface area (Å²) in [5.41, 5.74) is 6.21. The van der Waals surface area contributed by atoms with E-state index in [-0.39, 0.29) is 0 Å². The van der Waals surface area contributed by atoms with E-state index in [0.29, 0.717) is 11.7 Å². The van der Waals surface area contributed by atoms with Crippen LogP contribution in [0.1, 0.15) is 38.5 Å². The Bertz CT molecular complexity index is 314. The molecule has 1 heterocycles. The molecule has 88 valence electrons. The summed E-state index contributed by atoms with van der Waals surface area (Å²) in [7, 11) is 2.08. The molecule has 4 nitrogen and oxygen atoms in total. The Morgan fingerprint density at radius 1 is 1.12 bits per heavy atom. The molecule has 4 heteroatoms. The van der Waals surface area contributed by atoms with Gasteiger partial charge in [-0.05, 0) is 12.8 Å². The highest BCUT2D eigenvalue weighted by atomic mass is 15.2. The first-order valence-electron chi connectivity index (χ1n) is 6.08. The van der Waals surface area contributed by atoms with Crippen molar-refractivity contribution in [1.82, 2.24) is 9.97 Å². The number of nitrogens with two attached hydrogens (primary N) is 1. The minimum absolute atomic E-state index is 0.589. The van der Waals surface area contributed by atoms with Gasteiger partial charge in [-0.3, -0.25) is 0 Å². The Kier molecular flexibility index (Phi) is 3.59. The molecule has 1 fully saturated rings. The van der Waals surface area contributed by atoms with E-state index >= 15 is 0 Å². The van der Waals surface area contributed by atoms with E-state index in [4.69, 9.17) is 5.73 Å². The standard InChI is InChI=1S/C12H20N4/c1-16(11-6-4-2-3-5-7-11)12-14-8-10(13)9-15-12/h8-9,11H,2-7,13H2,1H3. The fourth-order valence-electron chi connectivity index (χ4n) is 2.32. The van der Waals surface area contributed by atoms with Gasteiger partial charge in [0, 0.05) is 13.1 Å². The average Bonchev–Trinajstić information content (AvgIpc) is 2.57. The Morgan fingerprint density at radius 3 is 2.25 bits per heavy atom. The van der Waals surface area contributed by atoms with Crippen LogP contribution in [0.2, 0.25) is 0 Å². The lowest BCUT2D eigenvalue weighted by molar-refractivity contribution is 0.545. The van der Waals surface area contributed by atoms with Gasteiger partial charge >= 0.3 is 0 Å². The third-order valence-corrected chi connectivity index (χ3v) is 3.35. The maximum Gasteiger partial charge on any atom is 0.225 e. The average molecular weight is 220 g/mol. The van der Waals surface area contributed by atoms with Crippen LogP contribution in [0.25, 0.3) is 0 Å². The largest absolute Gasteiger partial charge is 0.396 e. The highest BCUT2D eigenvalue weighted by Crippen LogP contribution is 2.23. The second-order valence-corrected chi connectivity index (χ2v) is 4.57. The second-order valence-electron chi connectivity index (χ2n) is 4.57. The van der Waals surface area contributed by atoms with Crippen LogP contribution in [0, 0.1) is 0 Å². The predicted molar refractivity (Wildman–Crippen MR) is 66.3 cm³/mol. The van der Waals surface area contributed by atoms with Crippen LogP contribution in [-0.4, -0.2) is 23.1 Å². The molecule has 0 spiro atoms. The van der Waals surface area contributed by atoms with Crippen molar-refractivity contribution in [1.29, 1.82) is 0 Å². The van der Waals surface area contributed by atoms with Gasteiger partial charge in [-0.15, -0.1) is 0 Å². The molecule has 1 aliphatic rings. The maximum absolute atomic E-state index is 5.59. The molecule has 1 aromatic heterocycles. The molecule has 0 radical (unpaired) electrons. The van der Waals surface area contributed by atoms with Gasteiger partial charge in [0.25, 0.3) is 0 Å². The predicted octanol–water partition coefficient (Wildman–Crippen LogP) is 2.22. The van der Waals surface area contributed by atoms with Crippen molar-refractivity contribution in [2.75, 3.05) is 17.7 Å². The molecular weight excluding hydrogens is 200 g/mol. The summed E-state index contributed by atoms with van der Waals surface area (Å²) >= 11 is 0. The molecule has 0 saturated heterocycles. The summed E-state index contributed by atoms with van der Waals surface area (Å²) in [4.78, 5) is 10.7. The lowest BCUT2D eigenvalue weighted by Gasteiger charge is -2.26. The van der Waals surface area contributed by atoms with Crippen molar-refractivity contribution in [3.05, 3.63) is 12.4 Å². The van der Waals surface area contributed by atoms with Crippen LogP contribution in [0.15, 0.2) is 12.4 Å². The third-order valence-electron chi connectivity index (χ3n) is 3.35. The Hall–Kier alpha value is -1.32. The number of nitrogens with zero attached hydrogens (tertiary/aromatic N) is 3. The minimum Gasteiger partial charge on any atom is -0.396 e. The normalized spacial score (nSPS) is 18.1. The van der Waals surface area contributed by atoms with Gasteiger partial charge in [-0.25, -0.2) is 9.97 Å². The van der Waals surface area contributed by atoms with Crippen LogP contribution in [0.5, 0.6) is 0 Å². The summed E-state index contributed by atoms with van der Waals surface area (Å²) in [6, 6.07) is 0.589. The molecule has 16 heavy (non-hydrogen) atoms. The quantitative estimate of drug-likeness (QED) is 0.776. The topological polar surface area (TPSA) is 55.0 Å². The van der Waals surface area contributed by atoms with Gasteiger partial charge in [-0.1, -0.05) is 25.7 Å². The summed E-state index contributed by atoms with van der Waals surface area (Å²) in [5, 5.41) is 0. The van der Waals surface area contributed by atoms with Crippen LogP contribution in [0.4, 0.5) is 11.6 Å². The number of hydrogen-bond acceptors (Lipinski definition) is 4. The lowest BCUT2D eigenvalue weighted by Crippen LogP contribution is -2.32. The smallest absolute Gasteiger partial charge is 0.225 e. The first-order valence-corrected chi connectivity index (χ1v) is 6.08. The zero-order valence-corrected chi connectivity index (χ0v) is 9.89. The molecule has 0 aliphatic heterocycles. The molecule has 0 atom stereocenters. The fourth-order valence-corrected chi connectivity index (χ4v) is 2.32. The Labute approximate surface area is 96.9 Å². The first-order chi connectivity index (χ1) is 7.77. The van der Waals surface area contributed by atoms with E-state index in [1.807, 2.05) is 0 Å². The molecule has 2 N–H and O–H groups in total. The molecule has 0 amide bonds. The van der Waals surface area contributed by atoms with E-state index in [1.165, 1.54) is 38.5 Å². The van der Waals surface area contributed by atoms with Crippen molar-refractivity contribution in [2.24, 2.45) is 0 Å². The van der Waals surface area contributed by atoms with Gasteiger partial charge in [0.2, 0.25) is 5.95 Å². The monoisotopic (exact) mass is 220 g/mol. The second kappa shape index (κ2) is 5.14. The highest BCUT2D eigenvalue weighted by molar-refractivity contribution is 5.37. The van der Waals surface area contributed by atoms with Gasteiger partial charge in [0.05, 0.1) is 18.1 Å².